The molecule has 0 bridgehead atoms. The standard InChI is InChI=1S/C13H15NOS/c1-3-5-13(15)14-8-6-12-10(7-9-16-12)11(14)4-2/h7,9,11H,4,6,8H2,1-2H3. The molecule has 0 saturated carbocycles. The van der Waals surface area contributed by atoms with E-state index in [-0.39, 0.29) is 11.9 Å². The Hall–Kier alpha value is -1.27. The van der Waals surface area contributed by atoms with Gasteiger partial charge in [0.2, 0.25) is 0 Å². The van der Waals surface area contributed by atoms with Gasteiger partial charge in [-0.15, -0.1) is 11.3 Å². The van der Waals surface area contributed by atoms with E-state index in [0.29, 0.717) is 0 Å². The van der Waals surface area contributed by atoms with E-state index in [2.05, 4.69) is 30.2 Å². The highest BCUT2D eigenvalue weighted by molar-refractivity contribution is 7.10. The number of nitrogens with zero attached hydrogens (tertiary/aromatic N) is 1. The van der Waals surface area contributed by atoms with Crippen molar-refractivity contribution in [1.82, 2.24) is 4.90 Å². The van der Waals surface area contributed by atoms with Gasteiger partial charge in [-0.25, -0.2) is 0 Å². The average Bonchev–Trinajstić information content (AvgIpc) is 2.75. The van der Waals surface area contributed by atoms with Gasteiger partial charge in [-0.1, -0.05) is 12.8 Å². The van der Waals surface area contributed by atoms with Crippen LogP contribution in [0.2, 0.25) is 0 Å². The molecule has 1 atom stereocenters. The fourth-order valence-electron chi connectivity index (χ4n) is 2.26. The minimum atomic E-state index is -0.0359. The summed E-state index contributed by atoms with van der Waals surface area (Å²) < 4.78 is 0. The first-order valence-corrected chi connectivity index (χ1v) is 6.45. The molecule has 1 aromatic heterocycles. The summed E-state index contributed by atoms with van der Waals surface area (Å²) in [7, 11) is 0. The SMILES string of the molecule is CC#CC(=O)N1CCc2sccc2C1CC. The number of hydrogen-bond acceptors (Lipinski definition) is 2. The van der Waals surface area contributed by atoms with E-state index >= 15 is 0 Å². The quantitative estimate of drug-likeness (QED) is 0.683. The Morgan fingerprint density at radius 3 is 3.19 bits per heavy atom. The number of carbonyl (C=O) groups excluding carboxylic acids is 1. The van der Waals surface area contributed by atoms with E-state index in [1.165, 1.54) is 10.4 Å². The van der Waals surface area contributed by atoms with E-state index < -0.39 is 0 Å². The Kier molecular flexibility index (Phi) is 3.31. The minimum Gasteiger partial charge on any atom is -0.324 e. The predicted molar refractivity (Wildman–Crippen MR) is 66.2 cm³/mol. The fraction of sp³-hybridized carbons (Fsp3) is 0.462. The molecule has 0 aromatic carbocycles. The summed E-state index contributed by atoms with van der Waals surface area (Å²) in [6, 6.07) is 2.37. The molecule has 1 aromatic rings. The van der Waals surface area contributed by atoms with Gasteiger partial charge in [-0.2, -0.15) is 0 Å². The minimum absolute atomic E-state index is 0.0359. The van der Waals surface area contributed by atoms with Crippen LogP contribution in [0, 0.1) is 11.8 Å². The molecule has 0 fully saturated rings. The summed E-state index contributed by atoms with van der Waals surface area (Å²) >= 11 is 1.80. The van der Waals surface area contributed by atoms with Crippen molar-refractivity contribution in [1.29, 1.82) is 0 Å². The highest BCUT2D eigenvalue weighted by atomic mass is 32.1. The number of rotatable bonds is 1. The van der Waals surface area contributed by atoms with E-state index in [9.17, 15) is 4.79 Å². The van der Waals surface area contributed by atoms with Crippen LogP contribution < -0.4 is 0 Å². The van der Waals surface area contributed by atoms with Crippen LogP contribution >= 0.6 is 11.3 Å². The lowest BCUT2D eigenvalue weighted by Gasteiger charge is -2.34. The van der Waals surface area contributed by atoms with Crippen LogP contribution in [0.5, 0.6) is 0 Å². The molecule has 2 rings (SSSR count). The zero-order valence-electron chi connectivity index (χ0n) is 9.62. The number of hydrogen-bond donors (Lipinski definition) is 0. The molecule has 2 heterocycles. The summed E-state index contributed by atoms with van der Waals surface area (Å²) in [5.74, 6) is 5.30. The Bertz CT molecular complexity index is 452. The number of fused-ring (bicyclic) bond motifs is 1. The molecule has 0 saturated heterocycles. The average molecular weight is 233 g/mol. The van der Waals surface area contributed by atoms with Crippen LogP contribution in [-0.4, -0.2) is 17.4 Å². The zero-order valence-corrected chi connectivity index (χ0v) is 10.4. The first-order chi connectivity index (χ1) is 7.77. The zero-order chi connectivity index (χ0) is 11.5. The fourth-order valence-corrected chi connectivity index (χ4v) is 3.19. The van der Waals surface area contributed by atoms with Crippen LogP contribution in [0.1, 0.15) is 36.8 Å². The lowest BCUT2D eigenvalue weighted by atomic mass is 9.98. The van der Waals surface area contributed by atoms with E-state index in [1.54, 1.807) is 18.3 Å². The van der Waals surface area contributed by atoms with E-state index in [4.69, 9.17) is 0 Å². The molecule has 1 aliphatic heterocycles. The molecule has 0 aliphatic carbocycles. The summed E-state index contributed by atoms with van der Waals surface area (Å²) in [5.41, 5.74) is 1.32. The smallest absolute Gasteiger partial charge is 0.298 e. The molecule has 2 nitrogen and oxygen atoms in total. The number of thiophene rings is 1. The molecule has 84 valence electrons. The summed E-state index contributed by atoms with van der Waals surface area (Å²) in [6.07, 6.45) is 1.93. The maximum absolute atomic E-state index is 11.9. The van der Waals surface area contributed by atoms with Crippen LogP contribution in [0.3, 0.4) is 0 Å². The van der Waals surface area contributed by atoms with Crippen molar-refractivity contribution in [2.45, 2.75) is 32.7 Å². The molecule has 0 spiro atoms. The first kappa shape index (κ1) is 11.2. The van der Waals surface area contributed by atoms with Gasteiger partial charge in [0.1, 0.15) is 0 Å². The lowest BCUT2D eigenvalue weighted by Crippen LogP contribution is -2.38. The van der Waals surface area contributed by atoms with Crippen molar-refractivity contribution in [3.8, 4) is 11.8 Å². The third kappa shape index (κ3) is 1.85. The van der Waals surface area contributed by atoms with Crippen molar-refractivity contribution in [3.05, 3.63) is 21.9 Å². The second kappa shape index (κ2) is 4.71. The van der Waals surface area contributed by atoms with Gasteiger partial charge < -0.3 is 4.90 Å². The number of amides is 1. The molecule has 1 unspecified atom stereocenters. The monoisotopic (exact) mass is 233 g/mol. The van der Waals surface area contributed by atoms with Crippen LogP contribution in [0.25, 0.3) is 0 Å². The van der Waals surface area contributed by atoms with Gasteiger partial charge >= 0.3 is 0 Å². The molecular weight excluding hydrogens is 218 g/mol. The van der Waals surface area contributed by atoms with Gasteiger partial charge in [0.25, 0.3) is 5.91 Å². The van der Waals surface area contributed by atoms with Crippen LogP contribution in [0.4, 0.5) is 0 Å². The van der Waals surface area contributed by atoms with Gasteiger partial charge in [0.15, 0.2) is 0 Å². The lowest BCUT2D eigenvalue weighted by molar-refractivity contribution is -0.127. The molecule has 1 aliphatic rings. The van der Waals surface area contributed by atoms with Gasteiger partial charge in [0, 0.05) is 11.4 Å². The summed E-state index contributed by atoms with van der Waals surface area (Å²) in [4.78, 5) is 15.2. The summed E-state index contributed by atoms with van der Waals surface area (Å²) in [5, 5.41) is 2.12. The Morgan fingerprint density at radius 2 is 2.50 bits per heavy atom. The molecular formula is C13H15NOS. The highest BCUT2D eigenvalue weighted by Gasteiger charge is 2.29. The third-order valence-corrected chi connectivity index (χ3v) is 3.97. The van der Waals surface area contributed by atoms with Gasteiger partial charge in [0.05, 0.1) is 6.04 Å². The molecule has 16 heavy (non-hydrogen) atoms. The van der Waals surface area contributed by atoms with Crippen molar-refractivity contribution in [2.24, 2.45) is 0 Å². The molecule has 3 heteroatoms. The number of carbonyl (C=O) groups is 1. The molecule has 1 amide bonds. The normalized spacial score (nSPS) is 18.6. The topological polar surface area (TPSA) is 20.3 Å². The van der Waals surface area contributed by atoms with Crippen LogP contribution in [0.15, 0.2) is 11.4 Å². The Labute approximate surface area is 100 Å². The largest absolute Gasteiger partial charge is 0.324 e. The summed E-state index contributed by atoms with van der Waals surface area (Å²) in [6.45, 7) is 4.63. The Balaban J connectivity index is 2.30. The van der Waals surface area contributed by atoms with E-state index in [0.717, 1.165) is 19.4 Å². The van der Waals surface area contributed by atoms with Crippen molar-refractivity contribution >= 4 is 17.2 Å². The Morgan fingerprint density at radius 1 is 1.69 bits per heavy atom. The second-order valence-electron chi connectivity index (χ2n) is 3.85. The molecule has 0 radical (unpaired) electrons. The highest BCUT2D eigenvalue weighted by Crippen LogP contribution is 2.34. The van der Waals surface area contributed by atoms with Crippen molar-refractivity contribution in [2.75, 3.05) is 6.54 Å². The van der Waals surface area contributed by atoms with Gasteiger partial charge in [-0.3, -0.25) is 4.79 Å². The van der Waals surface area contributed by atoms with E-state index in [1.807, 2.05) is 4.90 Å². The third-order valence-electron chi connectivity index (χ3n) is 2.97. The maximum Gasteiger partial charge on any atom is 0.298 e. The molecule has 0 N–H and O–H groups in total. The van der Waals surface area contributed by atoms with Crippen molar-refractivity contribution in [3.63, 3.8) is 0 Å². The van der Waals surface area contributed by atoms with Crippen LogP contribution in [-0.2, 0) is 11.2 Å². The predicted octanol–water partition coefficient (Wildman–Crippen LogP) is 2.61. The van der Waals surface area contributed by atoms with Gasteiger partial charge in [-0.05, 0) is 42.7 Å². The second-order valence-corrected chi connectivity index (χ2v) is 4.85. The first-order valence-electron chi connectivity index (χ1n) is 5.57. The maximum atomic E-state index is 11.9. The van der Waals surface area contributed by atoms with Crippen molar-refractivity contribution < 1.29 is 4.79 Å².